The quantitative estimate of drug-likeness (QED) is 0.756. The summed E-state index contributed by atoms with van der Waals surface area (Å²) in [5, 5.41) is 0. The van der Waals surface area contributed by atoms with Crippen LogP contribution >= 0.6 is 0 Å². The van der Waals surface area contributed by atoms with Crippen molar-refractivity contribution in [3.8, 4) is 5.75 Å². The van der Waals surface area contributed by atoms with Gasteiger partial charge in [0.15, 0.2) is 0 Å². The van der Waals surface area contributed by atoms with Crippen LogP contribution in [-0.2, 0) is 11.3 Å². The predicted octanol–water partition coefficient (Wildman–Crippen LogP) is 2.73. The van der Waals surface area contributed by atoms with E-state index in [1.165, 1.54) is 25.7 Å². The van der Waals surface area contributed by atoms with Crippen LogP contribution in [0.2, 0.25) is 0 Å². The van der Waals surface area contributed by atoms with Gasteiger partial charge in [-0.05, 0) is 36.5 Å². The summed E-state index contributed by atoms with van der Waals surface area (Å²) in [6.07, 6.45) is 5.41. The Hall–Kier alpha value is -1.06. The largest absolute Gasteiger partial charge is 0.491 e. The van der Waals surface area contributed by atoms with Gasteiger partial charge in [0.2, 0.25) is 0 Å². The Morgan fingerprint density at radius 2 is 2.00 bits per heavy atom. The van der Waals surface area contributed by atoms with E-state index in [0.29, 0.717) is 19.8 Å². The van der Waals surface area contributed by atoms with E-state index in [2.05, 4.69) is 0 Å². The summed E-state index contributed by atoms with van der Waals surface area (Å²) in [5.74, 6) is 1.66. The van der Waals surface area contributed by atoms with Gasteiger partial charge in [-0.25, -0.2) is 0 Å². The molecular weight excluding hydrogens is 226 g/mol. The van der Waals surface area contributed by atoms with Gasteiger partial charge in [-0.3, -0.25) is 0 Å². The fraction of sp³-hybridized carbons (Fsp3) is 0.600. The fourth-order valence-electron chi connectivity index (χ4n) is 2.41. The maximum Gasteiger partial charge on any atom is 0.119 e. The van der Waals surface area contributed by atoms with Crippen molar-refractivity contribution < 1.29 is 9.47 Å². The van der Waals surface area contributed by atoms with Crippen LogP contribution in [0.1, 0.15) is 31.2 Å². The van der Waals surface area contributed by atoms with Gasteiger partial charge in [0, 0.05) is 13.2 Å². The van der Waals surface area contributed by atoms with Gasteiger partial charge in [0.1, 0.15) is 12.4 Å². The van der Waals surface area contributed by atoms with Crippen LogP contribution in [0.15, 0.2) is 24.3 Å². The molecule has 0 heterocycles. The molecule has 0 aromatic heterocycles. The number of rotatable bonds is 7. The van der Waals surface area contributed by atoms with Crippen molar-refractivity contribution >= 4 is 0 Å². The Morgan fingerprint density at radius 3 is 2.78 bits per heavy atom. The molecule has 1 aromatic rings. The molecule has 0 bridgehead atoms. The normalized spacial score (nSPS) is 16.1. The average molecular weight is 249 g/mol. The van der Waals surface area contributed by atoms with Gasteiger partial charge >= 0.3 is 0 Å². The second-order valence-electron chi connectivity index (χ2n) is 4.93. The van der Waals surface area contributed by atoms with Gasteiger partial charge in [-0.15, -0.1) is 0 Å². The predicted molar refractivity (Wildman–Crippen MR) is 72.6 cm³/mol. The van der Waals surface area contributed by atoms with Crippen LogP contribution in [0, 0.1) is 5.92 Å². The van der Waals surface area contributed by atoms with Crippen molar-refractivity contribution in [2.24, 2.45) is 11.7 Å². The van der Waals surface area contributed by atoms with Crippen LogP contribution < -0.4 is 10.5 Å². The molecule has 1 aliphatic rings. The molecule has 0 aliphatic heterocycles. The molecule has 18 heavy (non-hydrogen) atoms. The highest BCUT2D eigenvalue weighted by Gasteiger charge is 2.14. The van der Waals surface area contributed by atoms with Gasteiger partial charge in [0.05, 0.1) is 6.61 Å². The van der Waals surface area contributed by atoms with Gasteiger partial charge in [0.25, 0.3) is 0 Å². The number of hydrogen-bond acceptors (Lipinski definition) is 3. The lowest BCUT2D eigenvalue weighted by Gasteiger charge is -2.11. The first-order chi connectivity index (χ1) is 8.88. The SMILES string of the molecule is NCc1cccc(OCCOCC2CCCC2)c1. The summed E-state index contributed by atoms with van der Waals surface area (Å²) in [6.45, 7) is 2.73. The standard InChI is InChI=1S/C15H23NO2/c16-11-14-6-3-7-15(10-14)18-9-8-17-12-13-4-1-2-5-13/h3,6-7,10,13H,1-2,4-5,8-9,11-12,16H2. The second-order valence-corrected chi connectivity index (χ2v) is 4.93. The van der Waals surface area contributed by atoms with Crippen molar-refractivity contribution in [1.82, 2.24) is 0 Å². The Bertz CT molecular complexity index is 348. The highest BCUT2D eigenvalue weighted by Crippen LogP contribution is 2.24. The molecule has 3 nitrogen and oxygen atoms in total. The summed E-state index contributed by atoms with van der Waals surface area (Å²) in [6, 6.07) is 7.91. The van der Waals surface area contributed by atoms with Crippen molar-refractivity contribution in [3.63, 3.8) is 0 Å². The average Bonchev–Trinajstić information content (AvgIpc) is 2.92. The van der Waals surface area contributed by atoms with E-state index in [1.54, 1.807) is 0 Å². The third kappa shape index (κ3) is 4.31. The van der Waals surface area contributed by atoms with Crippen molar-refractivity contribution in [2.45, 2.75) is 32.2 Å². The number of hydrogen-bond donors (Lipinski definition) is 1. The molecule has 1 aromatic carbocycles. The lowest BCUT2D eigenvalue weighted by molar-refractivity contribution is 0.0754. The Labute approximate surface area is 109 Å². The molecule has 0 unspecified atom stereocenters. The molecule has 0 spiro atoms. The Balaban J connectivity index is 1.59. The van der Waals surface area contributed by atoms with E-state index >= 15 is 0 Å². The first-order valence-electron chi connectivity index (χ1n) is 6.88. The first-order valence-corrected chi connectivity index (χ1v) is 6.88. The molecule has 1 aliphatic carbocycles. The summed E-state index contributed by atoms with van der Waals surface area (Å²) < 4.78 is 11.3. The molecule has 2 N–H and O–H groups in total. The molecule has 0 amide bonds. The van der Waals surface area contributed by atoms with Gasteiger partial charge in [-0.1, -0.05) is 25.0 Å². The highest BCUT2D eigenvalue weighted by atomic mass is 16.5. The Morgan fingerprint density at radius 1 is 1.17 bits per heavy atom. The zero-order valence-corrected chi connectivity index (χ0v) is 10.9. The maximum absolute atomic E-state index is 5.65. The van der Waals surface area contributed by atoms with Crippen molar-refractivity contribution in [3.05, 3.63) is 29.8 Å². The number of ether oxygens (including phenoxy) is 2. The van der Waals surface area contributed by atoms with Crippen LogP contribution in [-0.4, -0.2) is 19.8 Å². The zero-order valence-electron chi connectivity index (χ0n) is 10.9. The summed E-state index contributed by atoms with van der Waals surface area (Å²) in [5.41, 5.74) is 6.68. The summed E-state index contributed by atoms with van der Waals surface area (Å²) in [4.78, 5) is 0. The minimum Gasteiger partial charge on any atom is -0.491 e. The lowest BCUT2D eigenvalue weighted by atomic mass is 10.1. The van der Waals surface area contributed by atoms with E-state index < -0.39 is 0 Å². The van der Waals surface area contributed by atoms with Gasteiger partial charge < -0.3 is 15.2 Å². The third-order valence-electron chi connectivity index (χ3n) is 3.46. The summed E-state index contributed by atoms with van der Waals surface area (Å²) in [7, 11) is 0. The molecule has 3 heteroatoms. The molecular formula is C15H23NO2. The van der Waals surface area contributed by atoms with Gasteiger partial charge in [-0.2, -0.15) is 0 Å². The van der Waals surface area contributed by atoms with Crippen molar-refractivity contribution in [1.29, 1.82) is 0 Å². The molecule has 0 saturated heterocycles. The van der Waals surface area contributed by atoms with Crippen LogP contribution in [0.4, 0.5) is 0 Å². The smallest absolute Gasteiger partial charge is 0.119 e. The molecule has 0 radical (unpaired) electrons. The van der Waals surface area contributed by atoms with E-state index in [4.69, 9.17) is 15.2 Å². The minimum absolute atomic E-state index is 0.551. The monoisotopic (exact) mass is 249 g/mol. The zero-order chi connectivity index (χ0) is 12.6. The minimum atomic E-state index is 0.551. The highest BCUT2D eigenvalue weighted by molar-refractivity contribution is 5.28. The molecule has 1 fully saturated rings. The van der Waals surface area contributed by atoms with E-state index in [0.717, 1.165) is 23.8 Å². The summed E-state index contributed by atoms with van der Waals surface area (Å²) >= 11 is 0. The fourth-order valence-corrected chi connectivity index (χ4v) is 2.41. The van der Waals surface area contributed by atoms with Crippen LogP contribution in [0.25, 0.3) is 0 Å². The van der Waals surface area contributed by atoms with E-state index in [9.17, 15) is 0 Å². The Kier molecular flexibility index (Phi) is 5.49. The molecule has 1 saturated carbocycles. The van der Waals surface area contributed by atoms with E-state index in [-0.39, 0.29) is 0 Å². The first kappa shape index (κ1) is 13.4. The number of benzene rings is 1. The molecule has 100 valence electrons. The van der Waals surface area contributed by atoms with Crippen molar-refractivity contribution in [2.75, 3.05) is 19.8 Å². The maximum atomic E-state index is 5.65. The molecule has 0 atom stereocenters. The topological polar surface area (TPSA) is 44.5 Å². The molecule has 2 rings (SSSR count). The third-order valence-corrected chi connectivity index (χ3v) is 3.46. The number of nitrogens with two attached hydrogens (primary N) is 1. The van der Waals surface area contributed by atoms with E-state index in [1.807, 2.05) is 24.3 Å². The second kappa shape index (κ2) is 7.39. The van der Waals surface area contributed by atoms with Crippen LogP contribution in [0.5, 0.6) is 5.75 Å². The lowest BCUT2D eigenvalue weighted by Crippen LogP contribution is -2.11. The van der Waals surface area contributed by atoms with Crippen LogP contribution in [0.3, 0.4) is 0 Å².